The molecule has 1 aliphatic heterocycles. The van der Waals surface area contributed by atoms with Crippen LogP contribution in [0.4, 0.5) is 14.5 Å². The van der Waals surface area contributed by atoms with Crippen molar-refractivity contribution in [3.05, 3.63) is 59.9 Å². The summed E-state index contributed by atoms with van der Waals surface area (Å²) in [4.78, 5) is 41.5. The smallest absolute Gasteiger partial charge is 0.313 e. The van der Waals surface area contributed by atoms with E-state index < -0.39 is 42.0 Å². The number of benzene rings is 1. The third-order valence-corrected chi connectivity index (χ3v) is 4.95. The van der Waals surface area contributed by atoms with E-state index in [0.29, 0.717) is 5.56 Å². The van der Waals surface area contributed by atoms with Gasteiger partial charge in [0.2, 0.25) is 5.91 Å². The Hall–Kier alpha value is -3.36. The van der Waals surface area contributed by atoms with Crippen molar-refractivity contribution in [2.24, 2.45) is 11.7 Å². The fourth-order valence-electron chi connectivity index (χ4n) is 3.28. The molecule has 2 heterocycles. The zero-order chi connectivity index (χ0) is 21.2. The van der Waals surface area contributed by atoms with Crippen LogP contribution in [-0.2, 0) is 9.59 Å². The standard InChI is InChI=1S/C20H20F2N4O3/c1-12-11-26(16(8-20(12,21)22)13-5-3-2-4-6-13)19(29)18(28)25-15-7-14(17(23)27)9-24-10-15/h2-7,9-10,12,16H,8,11H2,1H3,(H2,23,27)(H,25,28)/t12-,16?/m1/s1. The first-order valence-electron chi connectivity index (χ1n) is 8.98. The lowest BCUT2D eigenvalue weighted by molar-refractivity contribution is -0.159. The van der Waals surface area contributed by atoms with Crippen molar-refractivity contribution in [2.75, 3.05) is 11.9 Å². The summed E-state index contributed by atoms with van der Waals surface area (Å²) in [5.74, 6) is -6.75. The number of hydrogen-bond donors (Lipinski definition) is 2. The second-order valence-corrected chi connectivity index (χ2v) is 7.03. The summed E-state index contributed by atoms with van der Waals surface area (Å²) in [6.07, 6.45) is 1.90. The van der Waals surface area contributed by atoms with Gasteiger partial charge in [0.05, 0.1) is 23.5 Å². The van der Waals surface area contributed by atoms with Crippen molar-refractivity contribution in [3.63, 3.8) is 0 Å². The summed E-state index contributed by atoms with van der Waals surface area (Å²) >= 11 is 0. The van der Waals surface area contributed by atoms with Gasteiger partial charge in [-0.2, -0.15) is 0 Å². The largest absolute Gasteiger partial charge is 0.366 e. The summed E-state index contributed by atoms with van der Waals surface area (Å²) in [7, 11) is 0. The van der Waals surface area contributed by atoms with Crippen LogP contribution in [0.1, 0.15) is 35.3 Å². The summed E-state index contributed by atoms with van der Waals surface area (Å²) in [6.45, 7) is 1.08. The van der Waals surface area contributed by atoms with Crippen molar-refractivity contribution < 1.29 is 23.2 Å². The lowest BCUT2D eigenvalue weighted by Crippen LogP contribution is -2.52. The molecule has 9 heteroatoms. The van der Waals surface area contributed by atoms with Gasteiger partial charge in [0, 0.05) is 25.1 Å². The molecule has 3 amide bonds. The first-order valence-corrected chi connectivity index (χ1v) is 8.98. The van der Waals surface area contributed by atoms with Crippen molar-refractivity contribution in [3.8, 4) is 0 Å². The van der Waals surface area contributed by atoms with E-state index in [1.54, 1.807) is 30.3 Å². The lowest BCUT2D eigenvalue weighted by Gasteiger charge is -2.42. The van der Waals surface area contributed by atoms with Gasteiger partial charge in [-0.1, -0.05) is 37.3 Å². The highest BCUT2D eigenvalue weighted by Crippen LogP contribution is 2.42. The molecule has 3 N–H and O–H groups in total. The molecule has 7 nitrogen and oxygen atoms in total. The molecule has 1 aliphatic rings. The number of carbonyl (C=O) groups is 3. The number of likely N-dealkylation sites (tertiary alicyclic amines) is 1. The molecule has 1 aromatic heterocycles. The molecule has 0 spiro atoms. The van der Waals surface area contributed by atoms with Gasteiger partial charge in [-0.25, -0.2) is 8.78 Å². The van der Waals surface area contributed by atoms with Crippen molar-refractivity contribution in [1.29, 1.82) is 0 Å². The molecular formula is C20H20F2N4O3. The van der Waals surface area contributed by atoms with Gasteiger partial charge in [0.1, 0.15) is 0 Å². The fourth-order valence-corrected chi connectivity index (χ4v) is 3.28. The Bertz CT molecular complexity index is 936. The topological polar surface area (TPSA) is 105 Å². The molecule has 152 valence electrons. The Balaban J connectivity index is 1.84. The zero-order valence-electron chi connectivity index (χ0n) is 15.6. The minimum Gasteiger partial charge on any atom is -0.366 e. The molecule has 0 radical (unpaired) electrons. The molecule has 29 heavy (non-hydrogen) atoms. The number of aromatic nitrogens is 1. The lowest BCUT2D eigenvalue weighted by atomic mass is 9.86. The van der Waals surface area contributed by atoms with E-state index in [4.69, 9.17) is 5.73 Å². The van der Waals surface area contributed by atoms with Crippen LogP contribution in [0.2, 0.25) is 0 Å². The summed E-state index contributed by atoms with van der Waals surface area (Å²) in [5.41, 5.74) is 5.86. The van der Waals surface area contributed by atoms with Crippen LogP contribution in [0.15, 0.2) is 48.8 Å². The third kappa shape index (κ3) is 4.39. The van der Waals surface area contributed by atoms with Gasteiger partial charge in [-0.05, 0) is 11.6 Å². The Morgan fingerprint density at radius 2 is 1.90 bits per heavy atom. The fraction of sp³-hybridized carbons (Fsp3) is 0.300. The van der Waals surface area contributed by atoms with Crippen LogP contribution in [0.25, 0.3) is 0 Å². The second kappa shape index (κ2) is 7.94. The predicted octanol–water partition coefficient (Wildman–Crippen LogP) is 2.36. The first-order chi connectivity index (χ1) is 13.7. The van der Waals surface area contributed by atoms with Crippen LogP contribution in [-0.4, -0.2) is 40.1 Å². The van der Waals surface area contributed by atoms with E-state index in [0.717, 1.165) is 4.90 Å². The molecule has 1 unspecified atom stereocenters. The number of alkyl halides is 2. The Morgan fingerprint density at radius 1 is 1.21 bits per heavy atom. The maximum absolute atomic E-state index is 14.3. The van der Waals surface area contributed by atoms with Gasteiger partial charge < -0.3 is 16.0 Å². The number of nitrogens with zero attached hydrogens (tertiary/aromatic N) is 2. The van der Waals surface area contributed by atoms with E-state index in [2.05, 4.69) is 10.3 Å². The molecule has 1 saturated heterocycles. The molecule has 2 aromatic rings. The Labute approximate surface area is 165 Å². The third-order valence-electron chi connectivity index (χ3n) is 4.95. The number of nitrogens with two attached hydrogens (primary N) is 1. The van der Waals surface area contributed by atoms with Crippen molar-refractivity contribution in [1.82, 2.24) is 9.88 Å². The highest BCUT2D eigenvalue weighted by molar-refractivity contribution is 6.39. The number of hydrogen-bond acceptors (Lipinski definition) is 4. The number of anilines is 1. The number of nitrogens with one attached hydrogen (secondary N) is 1. The summed E-state index contributed by atoms with van der Waals surface area (Å²) < 4.78 is 28.7. The Kier molecular flexibility index (Phi) is 5.58. The zero-order valence-corrected chi connectivity index (χ0v) is 15.6. The van der Waals surface area contributed by atoms with Gasteiger partial charge >= 0.3 is 11.8 Å². The molecule has 2 atom stereocenters. The van der Waals surface area contributed by atoms with Crippen LogP contribution < -0.4 is 11.1 Å². The average Bonchev–Trinajstić information content (AvgIpc) is 2.70. The highest BCUT2D eigenvalue weighted by atomic mass is 19.3. The average molecular weight is 402 g/mol. The number of pyridine rings is 1. The Morgan fingerprint density at radius 3 is 2.55 bits per heavy atom. The van der Waals surface area contributed by atoms with Crippen LogP contribution in [0.3, 0.4) is 0 Å². The highest BCUT2D eigenvalue weighted by Gasteiger charge is 2.48. The van der Waals surface area contributed by atoms with Crippen LogP contribution in [0, 0.1) is 5.92 Å². The van der Waals surface area contributed by atoms with E-state index >= 15 is 0 Å². The predicted molar refractivity (Wildman–Crippen MR) is 101 cm³/mol. The molecular weight excluding hydrogens is 382 g/mol. The molecule has 1 aromatic carbocycles. The molecule has 0 saturated carbocycles. The van der Waals surface area contributed by atoms with Gasteiger partial charge in [0.25, 0.3) is 5.92 Å². The van der Waals surface area contributed by atoms with E-state index in [1.165, 1.54) is 25.4 Å². The monoisotopic (exact) mass is 402 g/mol. The first kappa shape index (κ1) is 20.4. The van der Waals surface area contributed by atoms with E-state index in [-0.39, 0.29) is 17.8 Å². The van der Waals surface area contributed by atoms with Gasteiger partial charge in [-0.15, -0.1) is 0 Å². The van der Waals surface area contributed by atoms with Gasteiger partial charge in [0.15, 0.2) is 0 Å². The quantitative estimate of drug-likeness (QED) is 0.769. The van der Waals surface area contributed by atoms with Crippen LogP contribution in [0.5, 0.6) is 0 Å². The molecule has 0 bridgehead atoms. The molecule has 1 fully saturated rings. The van der Waals surface area contributed by atoms with E-state index in [1.807, 2.05) is 0 Å². The summed E-state index contributed by atoms with van der Waals surface area (Å²) in [6, 6.07) is 8.76. The minimum absolute atomic E-state index is 0.0589. The van der Waals surface area contributed by atoms with Crippen LogP contribution >= 0.6 is 0 Å². The number of primary amides is 1. The SMILES string of the molecule is C[C@@H]1CN(C(=O)C(=O)Nc2cncc(C(N)=O)c2)C(c2ccccc2)CC1(F)F. The minimum atomic E-state index is -2.96. The number of carbonyl (C=O) groups excluding carboxylic acids is 3. The summed E-state index contributed by atoms with van der Waals surface area (Å²) in [5, 5.41) is 2.35. The van der Waals surface area contributed by atoms with Crippen molar-refractivity contribution >= 4 is 23.4 Å². The van der Waals surface area contributed by atoms with Gasteiger partial charge in [-0.3, -0.25) is 19.4 Å². The maximum Gasteiger partial charge on any atom is 0.313 e. The maximum atomic E-state index is 14.3. The second-order valence-electron chi connectivity index (χ2n) is 7.03. The molecule has 0 aliphatic carbocycles. The van der Waals surface area contributed by atoms with Crippen molar-refractivity contribution in [2.45, 2.75) is 25.3 Å². The molecule has 3 rings (SSSR count). The normalized spacial score (nSPS) is 20.7. The number of halogens is 2. The number of rotatable bonds is 3. The van der Waals surface area contributed by atoms with E-state index in [9.17, 15) is 23.2 Å². The number of amides is 3. The number of piperidine rings is 1.